The van der Waals surface area contributed by atoms with E-state index in [9.17, 15) is 34.5 Å². The Morgan fingerprint density at radius 3 is 2.00 bits per heavy atom. The predicted octanol–water partition coefficient (Wildman–Crippen LogP) is -2.11. The number of nitrogens with two attached hydrogens (primary N) is 3. The van der Waals surface area contributed by atoms with E-state index in [0.29, 0.717) is 5.56 Å². The van der Waals surface area contributed by atoms with Crippen molar-refractivity contribution in [2.24, 2.45) is 28.1 Å². The number of carboxylic acids is 1. The second-order valence-corrected chi connectivity index (χ2v) is 9.26. The van der Waals surface area contributed by atoms with Crippen molar-refractivity contribution < 1.29 is 34.5 Å². The van der Waals surface area contributed by atoms with E-state index in [-0.39, 0.29) is 49.9 Å². The summed E-state index contributed by atoms with van der Waals surface area (Å²) in [5, 5.41) is 35.7. The number of carbonyl (C=O) groups excluding carboxylic acids is 3. The van der Waals surface area contributed by atoms with Gasteiger partial charge in [-0.15, -0.1) is 0 Å². The third-order valence-electron chi connectivity index (χ3n) is 5.44. The van der Waals surface area contributed by atoms with Crippen molar-refractivity contribution in [3.05, 3.63) is 29.8 Å². The Kier molecular flexibility index (Phi) is 13.6. The first-order chi connectivity index (χ1) is 17.8. The van der Waals surface area contributed by atoms with E-state index in [2.05, 4.69) is 20.9 Å². The summed E-state index contributed by atoms with van der Waals surface area (Å²) in [6, 6.07) is 1.09. The number of carbonyl (C=O) groups is 4. The summed E-state index contributed by atoms with van der Waals surface area (Å²) >= 11 is 0. The first-order valence-electron chi connectivity index (χ1n) is 12.2. The number of hydrogen-bond donors (Lipinski definition) is 9. The van der Waals surface area contributed by atoms with E-state index < -0.39 is 54.5 Å². The molecule has 4 atom stereocenters. The van der Waals surface area contributed by atoms with Gasteiger partial charge in [-0.2, -0.15) is 0 Å². The molecule has 14 heteroatoms. The molecule has 0 radical (unpaired) electrons. The second-order valence-electron chi connectivity index (χ2n) is 9.26. The monoisotopic (exact) mass is 537 g/mol. The van der Waals surface area contributed by atoms with Crippen molar-refractivity contribution >= 4 is 29.7 Å². The van der Waals surface area contributed by atoms with Crippen LogP contribution in [0.15, 0.2) is 29.3 Å². The molecule has 1 aromatic rings. The molecule has 0 fully saturated rings. The fraction of sp³-hybridized carbons (Fsp3) is 0.542. The molecule has 0 aromatic heterocycles. The zero-order valence-electron chi connectivity index (χ0n) is 21.6. The fourth-order valence-corrected chi connectivity index (χ4v) is 3.45. The van der Waals surface area contributed by atoms with Crippen LogP contribution in [0.5, 0.6) is 5.75 Å². The summed E-state index contributed by atoms with van der Waals surface area (Å²) in [7, 11) is 0. The molecule has 0 heterocycles. The minimum Gasteiger partial charge on any atom is -0.508 e. The summed E-state index contributed by atoms with van der Waals surface area (Å²) < 4.78 is 0. The van der Waals surface area contributed by atoms with Crippen LogP contribution in [-0.4, -0.2) is 82.3 Å². The largest absolute Gasteiger partial charge is 0.508 e. The van der Waals surface area contributed by atoms with Crippen LogP contribution in [0.1, 0.15) is 38.7 Å². The van der Waals surface area contributed by atoms with Gasteiger partial charge in [-0.05, 0) is 42.9 Å². The van der Waals surface area contributed by atoms with Crippen LogP contribution >= 0.6 is 0 Å². The van der Waals surface area contributed by atoms with Crippen molar-refractivity contribution in [1.82, 2.24) is 16.0 Å². The molecule has 12 N–H and O–H groups in total. The van der Waals surface area contributed by atoms with E-state index in [1.807, 2.05) is 13.8 Å². The molecule has 0 aliphatic rings. The number of aliphatic hydroxyl groups excluding tert-OH is 1. The van der Waals surface area contributed by atoms with Crippen molar-refractivity contribution in [1.29, 1.82) is 0 Å². The molecule has 0 spiro atoms. The molecule has 212 valence electrons. The third kappa shape index (κ3) is 11.9. The third-order valence-corrected chi connectivity index (χ3v) is 5.44. The Bertz CT molecular complexity index is 965. The maximum atomic E-state index is 13.3. The fourth-order valence-electron chi connectivity index (χ4n) is 3.45. The molecule has 38 heavy (non-hydrogen) atoms. The van der Waals surface area contributed by atoms with Gasteiger partial charge in [0.1, 0.15) is 29.9 Å². The molecular weight excluding hydrogens is 498 g/mol. The number of nitrogens with one attached hydrogen (secondary N) is 3. The van der Waals surface area contributed by atoms with Crippen LogP contribution < -0.4 is 33.2 Å². The summed E-state index contributed by atoms with van der Waals surface area (Å²) in [5.41, 5.74) is 16.8. The summed E-state index contributed by atoms with van der Waals surface area (Å²) in [6.07, 6.45) is 0.499. The lowest BCUT2D eigenvalue weighted by Crippen LogP contribution is -2.58. The number of amides is 3. The van der Waals surface area contributed by atoms with E-state index in [1.165, 1.54) is 12.1 Å². The quantitative estimate of drug-likeness (QED) is 0.0630. The van der Waals surface area contributed by atoms with Crippen molar-refractivity contribution in [2.75, 3.05) is 13.2 Å². The number of aromatic hydroxyl groups is 1. The lowest BCUT2D eigenvalue weighted by molar-refractivity contribution is -0.142. The zero-order chi connectivity index (χ0) is 28.8. The minimum atomic E-state index is -1.28. The van der Waals surface area contributed by atoms with Crippen LogP contribution in [0.25, 0.3) is 0 Å². The maximum absolute atomic E-state index is 13.3. The van der Waals surface area contributed by atoms with E-state index in [0.717, 1.165) is 0 Å². The van der Waals surface area contributed by atoms with Gasteiger partial charge in [0.25, 0.3) is 0 Å². The molecule has 4 unspecified atom stereocenters. The molecule has 3 amide bonds. The number of guanidine groups is 1. The SMILES string of the molecule is CC(C)CC(NC(=O)C(CCCN=C(N)N)NC(=O)C(Cc1ccc(O)cc1)NC(=O)C(N)CO)C(=O)O. The molecule has 1 rings (SSSR count). The van der Waals surface area contributed by atoms with Gasteiger partial charge < -0.3 is 48.5 Å². The van der Waals surface area contributed by atoms with Gasteiger partial charge in [-0.1, -0.05) is 26.0 Å². The Morgan fingerprint density at radius 2 is 1.47 bits per heavy atom. The van der Waals surface area contributed by atoms with Crippen LogP contribution in [0.3, 0.4) is 0 Å². The number of nitrogens with zero attached hydrogens (tertiary/aromatic N) is 1. The standard InChI is InChI=1S/C24H39N7O7/c1-13(2)10-19(23(37)38)31-21(35)17(4-3-9-28-24(26)27)29-22(36)18(30-20(34)16(25)12-32)11-14-5-7-15(33)8-6-14/h5-8,13,16-19,32-33H,3-4,9-12,25H2,1-2H3,(H,29,36)(H,30,34)(H,31,35)(H,37,38)(H4,26,27,28). The Balaban J connectivity index is 3.15. The highest BCUT2D eigenvalue weighted by molar-refractivity contribution is 5.94. The van der Waals surface area contributed by atoms with Crippen molar-refractivity contribution in [3.63, 3.8) is 0 Å². The van der Waals surface area contributed by atoms with Crippen molar-refractivity contribution in [2.45, 2.75) is 63.7 Å². The molecule has 0 aliphatic heterocycles. The van der Waals surface area contributed by atoms with Crippen LogP contribution in [0.2, 0.25) is 0 Å². The topological polar surface area (TPSA) is 255 Å². The molecular formula is C24H39N7O7. The zero-order valence-corrected chi connectivity index (χ0v) is 21.6. The number of benzene rings is 1. The van der Waals surface area contributed by atoms with E-state index in [1.54, 1.807) is 12.1 Å². The Morgan fingerprint density at radius 1 is 0.921 bits per heavy atom. The van der Waals surface area contributed by atoms with Gasteiger partial charge in [0, 0.05) is 13.0 Å². The highest BCUT2D eigenvalue weighted by atomic mass is 16.4. The van der Waals surface area contributed by atoms with Crippen LogP contribution in [0.4, 0.5) is 0 Å². The minimum absolute atomic E-state index is 0.00739. The lowest BCUT2D eigenvalue weighted by atomic mass is 10.0. The average molecular weight is 538 g/mol. The summed E-state index contributed by atoms with van der Waals surface area (Å²) in [5.74, 6) is -3.63. The van der Waals surface area contributed by atoms with Crippen LogP contribution in [-0.2, 0) is 25.6 Å². The smallest absolute Gasteiger partial charge is 0.326 e. The molecule has 0 aliphatic carbocycles. The van der Waals surface area contributed by atoms with Gasteiger partial charge >= 0.3 is 5.97 Å². The molecule has 1 aromatic carbocycles. The summed E-state index contributed by atoms with van der Waals surface area (Å²) in [6.45, 7) is 3.13. The van der Waals surface area contributed by atoms with E-state index in [4.69, 9.17) is 17.2 Å². The number of phenolic OH excluding ortho intramolecular Hbond substituents is 1. The number of carboxylic acid groups (broad SMARTS) is 1. The van der Waals surface area contributed by atoms with Gasteiger partial charge in [0.15, 0.2) is 5.96 Å². The first kappa shape index (κ1) is 32.1. The molecule has 0 saturated heterocycles. The molecule has 0 bridgehead atoms. The maximum Gasteiger partial charge on any atom is 0.326 e. The van der Waals surface area contributed by atoms with Gasteiger partial charge in [0.2, 0.25) is 17.7 Å². The van der Waals surface area contributed by atoms with Crippen molar-refractivity contribution in [3.8, 4) is 5.75 Å². The summed E-state index contributed by atoms with van der Waals surface area (Å²) in [4.78, 5) is 54.2. The Hall–Kier alpha value is -3.91. The van der Waals surface area contributed by atoms with Gasteiger partial charge in [-0.3, -0.25) is 19.4 Å². The van der Waals surface area contributed by atoms with Gasteiger partial charge in [0.05, 0.1) is 6.61 Å². The number of rotatable bonds is 16. The second kappa shape index (κ2) is 16.0. The highest BCUT2D eigenvalue weighted by Crippen LogP contribution is 2.12. The number of phenols is 1. The van der Waals surface area contributed by atoms with E-state index >= 15 is 0 Å². The Labute approximate surface area is 221 Å². The first-order valence-corrected chi connectivity index (χ1v) is 12.2. The lowest BCUT2D eigenvalue weighted by Gasteiger charge is -2.25. The van der Waals surface area contributed by atoms with Crippen LogP contribution in [0, 0.1) is 5.92 Å². The number of aliphatic hydroxyl groups is 1. The normalized spacial score (nSPS) is 14.0. The number of aliphatic imine (C=N–C) groups is 1. The number of hydrogen-bond acceptors (Lipinski definition) is 8. The number of aliphatic carboxylic acids is 1. The highest BCUT2D eigenvalue weighted by Gasteiger charge is 2.30. The predicted molar refractivity (Wildman–Crippen MR) is 140 cm³/mol. The van der Waals surface area contributed by atoms with Gasteiger partial charge in [-0.25, -0.2) is 4.79 Å². The molecule has 14 nitrogen and oxygen atoms in total. The average Bonchev–Trinajstić information content (AvgIpc) is 2.84. The molecule has 0 saturated carbocycles.